The second kappa shape index (κ2) is 3.30. The molecule has 0 aromatic carbocycles. The molecule has 1 unspecified atom stereocenters. The van der Waals surface area contributed by atoms with Crippen LogP contribution < -0.4 is 10.6 Å². The van der Waals surface area contributed by atoms with Gasteiger partial charge in [0.05, 0.1) is 0 Å². The first kappa shape index (κ1) is 7.94. The Morgan fingerprint density at radius 2 is 2.70 bits per heavy atom. The fourth-order valence-electron chi connectivity index (χ4n) is 0.573. The molecule has 1 amide bonds. The van der Waals surface area contributed by atoms with Gasteiger partial charge in [0.1, 0.15) is 10.1 Å². The Hall–Kier alpha value is -0.160. The van der Waals surface area contributed by atoms with Crippen LogP contribution in [0.15, 0.2) is 11.2 Å². The topological polar surface area (TPSA) is 41.1 Å². The van der Waals surface area contributed by atoms with E-state index in [0.717, 1.165) is 5.82 Å². The summed E-state index contributed by atoms with van der Waals surface area (Å²) in [6.45, 7) is 1.48. The maximum absolute atomic E-state index is 10.5. The van der Waals surface area contributed by atoms with E-state index < -0.39 is 0 Å². The van der Waals surface area contributed by atoms with Gasteiger partial charge in [-0.25, -0.2) is 0 Å². The molecule has 1 atom stereocenters. The van der Waals surface area contributed by atoms with Crippen molar-refractivity contribution in [2.45, 2.75) is 11.2 Å². The van der Waals surface area contributed by atoms with E-state index in [1.54, 1.807) is 11.8 Å². The monoisotopic (exact) mass is 222 g/mol. The molecule has 0 aromatic heterocycles. The summed E-state index contributed by atoms with van der Waals surface area (Å²) in [6.07, 6.45) is 0. The molecule has 1 aliphatic rings. The number of carbonyl (C=O) groups excluding carboxylic acids is 1. The molecule has 0 spiro atoms. The van der Waals surface area contributed by atoms with Gasteiger partial charge in [-0.15, -0.1) is 0 Å². The van der Waals surface area contributed by atoms with Crippen molar-refractivity contribution >= 4 is 33.6 Å². The maximum atomic E-state index is 10.5. The summed E-state index contributed by atoms with van der Waals surface area (Å²) in [4.78, 5) is 10.5. The molecular formula is C5H7BrN2OS. The number of hydrogen-bond acceptors (Lipinski definition) is 3. The summed E-state index contributed by atoms with van der Waals surface area (Å²) >= 11 is 4.89. The van der Waals surface area contributed by atoms with Gasteiger partial charge >= 0.3 is 0 Å². The van der Waals surface area contributed by atoms with E-state index in [0.29, 0.717) is 0 Å². The lowest BCUT2D eigenvalue weighted by Crippen LogP contribution is -2.28. The third kappa shape index (κ3) is 2.22. The molecule has 3 nitrogen and oxygen atoms in total. The van der Waals surface area contributed by atoms with Crippen LogP contribution in [-0.4, -0.2) is 10.2 Å². The molecule has 1 aliphatic heterocycles. The van der Waals surface area contributed by atoms with Crippen LogP contribution in [0.3, 0.4) is 0 Å². The molecule has 0 aliphatic carbocycles. The first-order valence-corrected chi connectivity index (χ1v) is 4.58. The van der Waals surface area contributed by atoms with Crippen LogP contribution in [-0.2, 0) is 4.79 Å². The molecule has 1 heterocycles. The minimum atomic E-state index is -0.0547. The number of rotatable bonds is 1. The number of carbonyl (C=O) groups is 1. The van der Waals surface area contributed by atoms with Crippen LogP contribution in [0.2, 0.25) is 0 Å². The van der Waals surface area contributed by atoms with E-state index in [1.165, 1.54) is 6.92 Å². The normalized spacial score (nSPS) is 23.4. The van der Waals surface area contributed by atoms with Gasteiger partial charge in [-0.05, 0) is 0 Å². The van der Waals surface area contributed by atoms with Gasteiger partial charge in [-0.3, -0.25) is 4.79 Å². The number of thioether (sulfide) groups is 1. The number of hydrogen-bond donors (Lipinski definition) is 2. The Kier molecular flexibility index (Phi) is 2.62. The third-order valence-corrected chi connectivity index (χ3v) is 2.49. The van der Waals surface area contributed by atoms with Crippen LogP contribution in [0.1, 0.15) is 6.92 Å². The first-order chi connectivity index (χ1) is 4.68. The summed E-state index contributed by atoms with van der Waals surface area (Å²) in [5, 5.41) is 7.49. The van der Waals surface area contributed by atoms with E-state index in [-0.39, 0.29) is 10.2 Å². The van der Waals surface area contributed by atoms with Crippen molar-refractivity contribution in [2.75, 3.05) is 0 Å². The predicted molar refractivity (Wildman–Crippen MR) is 45.3 cm³/mol. The smallest absolute Gasteiger partial charge is 0.222 e. The molecule has 0 fully saturated rings. The Labute approximate surface area is 71.8 Å². The summed E-state index contributed by atoms with van der Waals surface area (Å²) in [6, 6.07) is 0. The zero-order valence-corrected chi connectivity index (χ0v) is 7.75. The van der Waals surface area contributed by atoms with Crippen molar-refractivity contribution in [1.82, 2.24) is 10.6 Å². The van der Waals surface area contributed by atoms with Gasteiger partial charge in [-0.2, -0.15) is 0 Å². The van der Waals surface area contributed by atoms with Crippen molar-refractivity contribution in [3.63, 3.8) is 0 Å². The molecule has 10 heavy (non-hydrogen) atoms. The molecule has 2 N–H and O–H groups in total. The van der Waals surface area contributed by atoms with Crippen molar-refractivity contribution in [1.29, 1.82) is 0 Å². The molecule has 1 rings (SSSR count). The number of nitrogens with one attached hydrogen (secondary N) is 2. The quantitative estimate of drug-likeness (QED) is 0.513. The van der Waals surface area contributed by atoms with Gasteiger partial charge in [0.15, 0.2) is 0 Å². The Morgan fingerprint density at radius 1 is 2.00 bits per heavy atom. The van der Waals surface area contributed by atoms with Crippen molar-refractivity contribution in [2.24, 2.45) is 0 Å². The maximum Gasteiger partial charge on any atom is 0.222 e. The Bertz CT molecular complexity index is 182. The fourth-order valence-corrected chi connectivity index (χ4v) is 1.72. The second-order valence-corrected chi connectivity index (χ2v) is 4.31. The Morgan fingerprint density at radius 3 is 3.10 bits per heavy atom. The second-order valence-electron chi connectivity index (χ2n) is 1.81. The predicted octanol–water partition coefficient (Wildman–Crippen LogP) is 0.936. The lowest BCUT2D eigenvalue weighted by atomic mass is 10.6. The van der Waals surface area contributed by atoms with Gasteiger partial charge in [0.2, 0.25) is 5.91 Å². The van der Waals surface area contributed by atoms with Crippen LogP contribution in [0.25, 0.3) is 0 Å². The lowest BCUT2D eigenvalue weighted by Gasteiger charge is -2.05. The standard InChI is InChI=1S/C5H7BrN2OS/c1-3(9)7-4-2-10-5(6)8-4/h2,5,8H,1H3,(H,7,9). The summed E-state index contributed by atoms with van der Waals surface area (Å²) in [7, 11) is 0. The van der Waals surface area contributed by atoms with Crippen molar-refractivity contribution < 1.29 is 4.79 Å². The Balaban J connectivity index is 2.37. The molecule has 5 heteroatoms. The van der Waals surface area contributed by atoms with Gasteiger partial charge in [-0.1, -0.05) is 27.7 Å². The molecule has 0 bridgehead atoms. The van der Waals surface area contributed by atoms with E-state index in [9.17, 15) is 4.79 Å². The van der Waals surface area contributed by atoms with Gasteiger partial charge in [0, 0.05) is 12.3 Å². The molecule has 0 radical (unpaired) electrons. The highest BCUT2D eigenvalue weighted by atomic mass is 79.9. The zero-order chi connectivity index (χ0) is 7.56. The summed E-state index contributed by atoms with van der Waals surface area (Å²) in [5.41, 5.74) is 0. The highest BCUT2D eigenvalue weighted by molar-refractivity contribution is 9.11. The van der Waals surface area contributed by atoms with Crippen molar-refractivity contribution in [3.05, 3.63) is 11.2 Å². The largest absolute Gasteiger partial charge is 0.350 e. The van der Waals surface area contributed by atoms with Crippen molar-refractivity contribution in [3.8, 4) is 0 Å². The highest BCUT2D eigenvalue weighted by Crippen LogP contribution is 2.23. The minimum Gasteiger partial charge on any atom is -0.350 e. The van der Waals surface area contributed by atoms with Crippen LogP contribution in [0.4, 0.5) is 0 Å². The lowest BCUT2D eigenvalue weighted by molar-refractivity contribution is -0.118. The number of alkyl halides is 1. The van der Waals surface area contributed by atoms with E-state index in [2.05, 4.69) is 26.6 Å². The molecule has 56 valence electrons. The number of halogens is 1. The molecule has 0 saturated carbocycles. The van der Waals surface area contributed by atoms with Gasteiger partial charge < -0.3 is 10.6 Å². The zero-order valence-electron chi connectivity index (χ0n) is 5.35. The highest BCUT2D eigenvalue weighted by Gasteiger charge is 2.12. The van der Waals surface area contributed by atoms with Crippen LogP contribution >= 0.6 is 27.7 Å². The SMILES string of the molecule is CC(=O)NC1=CSC(Br)N1. The average molecular weight is 223 g/mol. The summed E-state index contributed by atoms with van der Waals surface area (Å²) in [5.74, 6) is 0.709. The van der Waals surface area contributed by atoms with E-state index >= 15 is 0 Å². The fraction of sp³-hybridized carbons (Fsp3) is 0.400. The molecule has 0 saturated heterocycles. The molecular weight excluding hydrogens is 216 g/mol. The van der Waals surface area contributed by atoms with Crippen LogP contribution in [0.5, 0.6) is 0 Å². The average Bonchev–Trinajstić information content (AvgIpc) is 2.13. The van der Waals surface area contributed by atoms with Crippen LogP contribution in [0, 0.1) is 0 Å². The van der Waals surface area contributed by atoms with E-state index in [1.807, 2.05) is 5.41 Å². The third-order valence-electron chi connectivity index (χ3n) is 0.885. The van der Waals surface area contributed by atoms with E-state index in [4.69, 9.17) is 0 Å². The van der Waals surface area contributed by atoms with Gasteiger partial charge in [0.25, 0.3) is 0 Å². The number of amides is 1. The molecule has 0 aromatic rings. The minimum absolute atomic E-state index is 0.0547. The first-order valence-electron chi connectivity index (χ1n) is 2.72. The summed E-state index contributed by atoms with van der Waals surface area (Å²) < 4.78 is 0.189.